The molecule has 0 radical (unpaired) electrons. The lowest BCUT2D eigenvalue weighted by Gasteiger charge is -2.18. The van der Waals surface area contributed by atoms with Crippen molar-refractivity contribution >= 4 is 26.7 Å². The lowest BCUT2D eigenvalue weighted by Crippen LogP contribution is -2.35. The average Bonchev–Trinajstić information content (AvgIpc) is 3.30. The summed E-state index contributed by atoms with van der Waals surface area (Å²) in [7, 11) is -4.06. The third-order valence-electron chi connectivity index (χ3n) is 5.66. The molecule has 1 amide bonds. The number of carbonyl (C=O) groups excluding carboxylic acids is 1. The van der Waals surface area contributed by atoms with Gasteiger partial charge in [-0.15, -0.1) is 0 Å². The lowest BCUT2D eigenvalue weighted by atomic mass is 9.91. The maximum absolute atomic E-state index is 13.3. The third kappa shape index (κ3) is 4.40. The summed E-state index contributed by atoms with van der Waals surface area (Å²) in [6.45, 7) is 0.116. The van der Waals surface area contributed by atoms with Crippen LogP contribution in [-0.4, -0.2) is 21.1 Å². The Morgan fingerprint density at radius 2 is 1.55 bits per heavy atom. The molecule has 33 heavy (non-hydrogen) atoms. The highest BCUT2D eigenvalue weighted by molar-refractivity contribution is 7.90. The molecule has 1 heterocycles. The maximum Gasteiger partial charge on any atom is 0.264 e. The number of nitrogens with one attached hydrogen (secondary N) is 1. The standard InChI is InChI=1S/C26H21NO5S/c28-26(27-33(29,30)22-12-10-19-8-4-5-9-20(19)15-22)23(14-18-6-2-1-3-7-18)21-11-13-24-25(16-21)32-17-31-24/h1-13,15-16,23H,14,17H2,(H,27,28). The second-order valence-electron chi connectivity index (χ2n) is 7.83. The largest absolute Gasteiger partial charge is 0.454 e. The van der Waals surface area contributed by atoms with E-state index in [9.17, 15) is 13.2 Å². The molecule has 1 atom stereocenters. The Labute approximate surface area is 191 Å². The number of rotatable bonds is 6. The van der Waals surface area contributed by atoms with Crippen LogP contribution in [-0.2, 0) is 21.2 Å². The molecule has 0 saturated heterocycles. The summed E-state index contributed by atoms with van der Waals surface area (Å²) in [5.41, 5.74) is 1.56. The normalized spacial score (nSPS) is 13.6. The van der Waals surface area contributed by atoms with Gasteiger partial charge in [0.25, 0.3) is 10.0 Å². The number of fused-ring (bicyclic) bond motifs is 2. The van der Waals surface area contributed by atoms with Crippen LogP contribution in [0.4, 0.5) is 0 Å². The Kier molecular flexibility index (Phi) is 5.48. The van der Waals surface area contributed by atoms with Gasteiger partial charge in [-0.05, 0) is 52.6 Å². The van der Waals surface area contributed by atoms with Crippen molar-refractivity contribution < 1.29 is 22.7 Å². The third-order valence-corrected chi connectivity index (χ3v) is 7.01. The van der Waals surface area contributed by atoms with Gasteiger partial charge in [0.1, 0.15) is 0 Å². The van der Waals surface area contributed by atoms with Crippen LogP contribution in [0, 0.1) is 0 Å². The first-order valence-electron chi connectivity index (χ1n) is 10.5. The second-order valence-corrected chi connectivity index (χ2v) is 9.52. The van der Waals surface area contributed by atoms with Crippen molar-refractivity contribution in [3.05, 3.63) is 102 Å². The van der Waals surface area contributed by atoms with Gasteiger partial charge in [0.05, 0.1) is 10.8 Å². The number of ether oxygens (including phenoxy) is 2. The van der Waals surface area contributed by atoms with E-state index in [2.05, 4.69) is 4.72 Å². The number of hydrogen-bond acceptors (Lipinski definition) is 5. The van der Waals surface area contributed by atoms with Gasteiger partial charge in [-0.25, -0.2) is 13.1 Å². The first kappa shape index (κ1) is 21.0. The molecule has 4 aromatic rings. The van der Waals surface area contributed by atoms with E-state index in [1.807, 2.05) is 54.6 Å². The molecule has 0 spiro atoms. The molecule has 1 aliphatic heterocycles. The fourth-order valence-corrected chi connectivity index (χ4v) is 4.99. The highest BCUT2D eigenvalue weighted by Crippen LogP contribution is 2.35. The van der Waals surface area contributed by atoms with Crippen LogP contribution in [0.3, 0.4) is 0 Å². The minimum absolute atomic E-state index is 0.0405. The number of benzene rings is 4. The van der Waals surface area contributed by atoms with Crippen molar-refractivity contribution in [2.45, 2.75) is 17.2 Å². The highest BCUT2D eigenvalue weighted by Gasteiger charge is 2.28. The van der Waals surface area contributed by atoms with Gasteiger partial charge in [0.2, 0.25) is 12.7 Å². The number of hydrogen-bond donors (Lipinski definition) is 1. The second kappa shape index (κ2) is 8.60. The zero-order chi connectivity index (χ0) is 22.8. The number of amides is 1. The van der Waals surface area contributed by atoms with Crippen molar-refractivity contribution in [3.63, 3.8) is 0 Å². The summed E-state index contributed by atoms with van der Waals surface area (Å²) in [5, 5.41) is 1.70. The SMILES string of the molecule is O=C(NS(=O)(=O)c1ccc2ccccc2c1)C(Cc1ccccc1)c1ccc2c(c1)OCO2. The van der Waals surface area contributed by atoms with Crippen LogP contribution >= 0.6 is 0 Å². The van der Waals surface area contributed by atoms with Crippen molar-refractivity contribution in [2.24, 2.45) is 0 Å². The maximum atomic E-state index is 13.3. The molecule has 4 aromatic carbocycles. The zero-order valence-corrected chi connectivity index (χ0v) is 18.4. The summed E-state index contributed by atoms with van der Waals surface area (Å²) in [4.78, 5) is 13.4. The molecule has 5 rings (SSSR count). The molecule has 0 saturated carbocycles. The van der Waals surface area contributed by atoms with Gasteiger partial charge in [0, 0.05) is 0 Å². The minimum Gasteiger partial charge on any atom is -0.454 e. The molecule has 1 unspecified atom stereocenters. The Hall–Kier alpha value is -3.84. The molecule has 0 aliphatic carbocycles. The van der Waals surface area contributed by atoms with Gasteiger partial charge in [-0.1, -0.05) is 66.7 Å². The molecule has 6 nitrogen and oxygen atoms in total. The van der Waals surface area contributed by atoms with Gasteiger partial charge in [-0.3, -0.25) is 4.79 Å². The van der Waals surface area contributed by atoms with Gasteiger partial charge in [0.15, 0.2) is 11.5 Å². The van der Waals surface area contributed by atoms with Gasteiger partial charge in [-0.2, -0.15) is 0 Å². The van der Waals surface area contributed by atoms with E-state index in [0.717, 1.165) is 16.3 Å². The molecule has 7 heteroatoms. The quantitative estimate of drug-likeness (QED) is 0.462. The molecule has 0 aromatic heterocycles. The van der Waals surface area contributed by atoms with Crippen LogP contribution in [0.2, 0.25) is 0 Å². The molecule has 0 bridgehead atoms. The minimum atomic E-state index is -4.06. The Bertz CT molecular complexity index is 1430. The summed E-state index contributed by atoms with van der Waals surface area (Å²) < 4.78 is 39.3. The first-order chi connectivity index (χ1) is 16.0. The Balaban J connectivity index is 1.46. The van der Waals surface area contributed by atoms with Crippen LogP contribution in [0.5, 0.6) is 11.5 Å². The van der Waals surface area contributed by atoms with Gasteiger partial charge >= 0.3 is 0 Å². The molecule has 1 N–H and O–H groups in total. The van der Waals surface area contributed by atoms with Gasteiger partial charge < -0.3 is 9.47 Å². The van der Waals surface area contributed by atoms with E-state index in [1.165, 1.54) is 6.07 Å². The van der Waals surface area contributed by atoms with E-state index in [1.54, 1.807) is 30.3 Å². The predicted molar refractivity (Wildman–Crippen MR) is 125 cm³/mol. The highest BCUT2D eigenvalue weighted by atomic mass is 32.2. The monoisotopic (exact) mass is 459 g/mol. The topological polar surface area (TPSA) is 81.7 Å². The van der Waals surface area contributed by atoms with Crippen molar-refractivity contribution in [1.82, 2.24) is 4.72 Å². The van der Waals surface area contributed by atoms with Crippen molar-refractivity contribution in [3.8, 4) is 11.5 Å². The van der Waals surface area contributed by atoms with Crippen molar-refractivity contribution in [1.29, 1.82) is 0 Å². The molecular weight excluding hydrogens is 438 g/mol. The average molecular weight is 460 g/mol. The van der Waals surface area contributed by atoms with Crippen LogP contribution in [0.25, 0.3) is 10.8 Å². The smallest absolute Gasteiger partial charge is 0.264 e. The predicted octanol–water partition coefficient (Wildman–Crippen LogP) is 4.40. The first-order valence-corrected chi connectivity index (χ1v) is 12.0. The van der Waals surface area contributed by atoms with E-state index in [-0.39, 0.29) is 11.7 Å². The molecule has 1 aliphatic rings. The zero-order valence-electron chi connectivity index (χ0n) is 17.6. The Morgan fingerprint density at radius 3 is 2.36 bits per heavy atom. The van der Waals surface area contributed by atoms with Crippen LogP contribution < -0.4 is 14.2 Å². The van der Waals surface area contributed by atoms with Crippen LogP contribution in [0.1, 0.15) is 17.0 Å². The summed E-state index contributed by atoms with van der Waals surface area (Å²) in [5.74, 6) is -0.208. The summed E-state index contributed by atoms with van der Waals surface area (Å²) >= 11 is 0. The molecule has 166 valence electrons. The Morgan fingerprint density at radius 1 is 0.818 bits per heavy atom. The van der Waals surface area contributed by atoms with E-state index in [4.69, 9.17) is 9.47 Å². The fourth-order valence-electron chi connectivity index (χ4n) is 3.94. The van der Waals surface area contributed by atoms with E-state index < -0.39 is 21.8 Å². The summed E-state index contributed by atoms with van der Waals surface area (Å²) in [6.07, 6.45) is 0.333. The number of carbonyl (C=O) groups is 1. The van der Waals surface area contributed by atoms with E-state index >= 15 is 0 Å². The molecule has 0 fully saturated rings. The summed E-state index contributed by atoms with van der Waals surface area (Å²) in [6, 6.07) is 27.0. The molecular formula is C26H21NO5S. The fraction of sp³-hybridized carbons (Fsp3) is 0.115. The van der Waals surface area contributed by atoms with Crippen molar-refractivity contribution in [2.75, 3.05) is 6.79 Å². The number of sulfonamides is 1. The lowest BCUT2D eigenvalue weighted by molar-refractivity contribution is -0.120. The van der Waals surface area contributed by atoms with Crippen LogP contribution in [0.15, 0.2) is 95.9 Å². The van der Waals surface area contributed by atoms with E-state index in [0.29, 0.717) is 23.5 Å².